The zero-order valence-electron chi connectivity index (χ0n) is 10.9. The fourth-order valence-corrected chi connectivity index (χ4v) is 2.47. The molecule has 6 heteroatoms. The lowest BCUT2D eigenvalue weighted by Gasteiger charge is -2.28. The first kappa shape index (κ1) is 15.5. The van der Waals surface area contributed by atoms with Crippen LogP contribution >= 0.6 is 11.8 Å². The average molecular weight is 282 g/mol. The van der Waals surface area contributed by atoms with Crippen LogP contribution in [-0.2, 0) is 10.5 Å². The van der Waals surface area contributed by atoms with E-state index in [4.69, 9.17) is 16.6 Å². The van der Waals surface area contributed by atoms with Gasteiger partial charge in [0.05, 0.1) is 0 Å². The van der Waals surface area contributed by atoms with Gasteiger partial charge in [0.15, 0.2) is 0 Å². The van der Waals surface area contributed by atoms with Crippen molar-refractivity contribution in [1.29, 1.82) is 0 Å². The van der Waals surface area contributed by atoms with Crippen molar-refractivity contribution < 1.29 is 14.7 Å². The van der Waals surface area contributed by atoms with Crippen LogP contribution in [0.2, 0.25) is 0 Å². The largest absolute Gasteiger partial charge is 0.480 e. The number of carboxylic acid groups (broad SMARTS) is 1. The Hall–Kier alpha value is -1.53. The number of primary amides is 1. The molecule has 0 radical (unpaired) electrons. The number of hydrogen-bond donors (Lipinski definition) is 3. The SMILES string of the molecule is CC(C)(SCc1cccc(C(N)=O)c1)[C@H](N)C(=O)O. The molecule has 0 aliphatic rings. The van der Waals surface area contributed by atoms with Gasteiger partial charge < -0.3 is 16.6 Å². The Labute approximate surface area is 116 Å². The van der Waals surface area contributed by atoms with E-state index >= 15 is 0 Å². The zero-order valence-corrected chi connectivity index (χ0v) is 11.7. The molecule has 0 aliphatic carbocycles. The van der Waals surface area contributed by atoms with E-state index in [2.05, 4.69) is 0 Å². The summed E-state index contributed by atoms with van der Waals surface area (Å²) in [6, 6.07) is 6.02. The quantitative estimate of drug-likeness (QED) is 0.727. The summed E-state index contributed by atoms with van der Waals surface area (Å²) in [5, 5.41) is 8.93. The van der Waals surface area contributed by atoms with Gasteiger partial charge in [0.25, 0.3) is 0 Å². The molecule has 104 valence electrons. The topological polar surface area (TPSA) is 106 Å². The lowest BCUT2D eigenvalue weighted by Crippen LogP contribution is -2.46. The molecule has 0 heterocycles. The van der Waals surface area contributed by atoms with Crippen LogP contribution in [0, 0.1) is 0 Å². The van der Waals surface area contributed by atoms with Crippen LogP contribution in [0.15, 0.2) is 24.3 Å². The lowest BCUT2D eigenvalue weighted by atomic mass is 10.1. The number of nitrogens with two attached hydrogens (primary N) is 2. The van der Waals surface area contributed by atoms with Gasteiger partial charge in [-0.2, -0.15) is 0 Å². The Balaban J connectivity index is 2.74. The maximum Gasteiger partial charge on any atom is 0.321 e. The summed E-state index contributed by atoms with van der Waals surface area (Å²) in [6.45, 7) is 3.57. The molecule has 0 unspecified atom stereocenters. The maximum atomic E-state index is 11.1. The number of thioether (sulfide) groups is 1. The van der Waals surface area contributed by atoms with Crippen LogP contribution in [0.25, 0.3) is 0 Å². The molecule has 19 heavy (non-hydrogen) atoms. The van der Waals surface area contributed by atoms with Crippen molar-refractivity contribution in [3.05, 3.63) is 35.4 Å². The summed E-state index contributed by atoms with van der Waals surface area (Å²) >= 11 is 1.43. The highest BCUT2D eigenvalue weighted by atomic mass is 32.2. The highest BCUT2D eigenvalue weighted by Gasteiger charge is 2.32. The minimum absolute atomic E-state index is 0.443. The molecule has 1 atom stereocenters. The molecule has 1 amide bonds. The van der Waals surface area contributed by atoms with Crippen molar-refractivity contribution in [1.82, 2.24) is 0 Å². The van der Waals surface area contributed by atoms with Gasteiger partial charge in [-0.15, -0.1) is 11.8 Å². The van der Waals surface area contributed by atoms with E-state index in [9.17, 15) is 9.59 Å². The second-order valence-electron chi connectivity index (χ2n) is 4.77. The normalized spacial score (nSPS) is 13.0. The van der Waals surface area contributed by atoms with Gasteiger partial charge in [-0.25, -0.2) is 0 Å². The Morgan fingerprint density at radius 2 is 2.05 bits per heavy atom. The average Bonchev–Trinajstić information content (AvgIpc) is 2.35. The van der Waals surface area contributed by atoms with Crippen molar-refractivity contribution in [3.63, 3.8) is 0 Å². The molecule has 0 saturated heterocycles. The van der Waals surface area contributed by atoms with E-state index in [0.29, 0.717) is 11.3 Å². The molecule has 0 spiro atoms. The van der Waals surface area contributed by atoms with Crippen molar-refractivity contribution in [2.24, 2.45) is 11.5 Å². The van der Waals surface area contributed by atoms with Crippen LogP contribution in [0.4, 0.5) is 0 Å². The van der Waals surface area contributed by atoms with Gasteiger partial charge in [-0.3, -0.25) is 9.59 Å². The van der Waals surface area contributed by atoms with Crippen LogP contribution < -0.4 is 11.5 Å². The van der Waals surface area contributed by atoms with Crippen molar-refractivity contribution in [2.75, 3.05) is 0 Å². The molecule has 5 N–H and O–H groups in total. The third kappa shape index (κ3) is 4.25. The van der Waals surface area contributed by atoms with E-state index in [1.54, 1.807) is 32.0 Å². The van der Waals surface area contributed by atoms with E-state index in [1.807, 2.05) is 6.07 Å². The van der Waals surface area contributed by atoms with E-state index < -0.39 is 22.7 Å². The summed E-state index contributed by atoms with van der Waals surface area (Å²) in [4.78, 5) is 22.0. The number of hydrogen-bond acceptors (Lipinski definition) is 4. The van der Waals surface area contributed by atoms with E-state index in [0.717, 1.165) is 5.56 Å². The Morgan fingerprint density at radius 3 is 2.58 bits per heavy atom. The third-order valence-electron chi connectivity index (χ3n) is 2.84. The molecule has 1 aromatic rings. The number of amides is 1. The van der Waals surface area contributed by atoms with Gasteiger partial charge in [-0.05, 0) is 31.5 Å². The highest BCUT2D eigenvalue weighted by Crippen LogP contribution is 2.30. The molecule has 1 rings (SSSR count). The first-order valence-corrected chi connectivity index (χ1v) is 6.73. The third-order valence-corrected chi connectivity index (χ3v) is 4.31. The van der Waals surface area contributed by atoms with Crippen LogP contribution in [0.3, 0.4) is 0 Å². The minimum atomic E-state index is -1.02. The van der Waals surface area contributed by atoms with Gasteiger partial charge in [0.2, 0.25) is 5.91 Å². The molecular weight excluding hydrogens is 264 g/mol. The summed E-state index contributed by atoms with van der Waals surface area (Å²) < 4.78 is -0.603. The molecule has 1 aromatic carbocycles. The summed E-state index contributed by atoms with van der Waals surface area (Å²) in [7, 11) is 0. The Morgan fingerprint density at radius 1 is 1.42 bits per heavy atom. The second kappa shape index (κ2) is 6.08. The molecule has 0 fully saturated rings. The fourth-order valence-electron chi connectivity index (χ4n) is 1.47. The standard InChI is InChI=1S/C13H18N2O3S/c1-13(2,10(14)12(17)18)19-7-8-4-3-5-9(6-8)11(15)16/h3-6,10H,7,14H2,1-2H3,(H2,15,16)(H,17,18)/t10-/m1/s1. The van der Waals surface area contributed by atoms with Gasteiger partial charge >= 0.3 is 5.97 Å². The molecule has 0 saturated carbocycles. The Bertz CT molecular complexity index is 489. The molecule has 0 aromatic heterocycles. The van der Waals surface area contributed by atoms with Gasteiger partial charge in [0, 0.05) is 16.1 Å². The number of carbonyl (C=O) groups excluding carboxylic acids is 1. The van der Waals surface area contributed by atoms with Crippen LogP contribution in [-0.4, -0.2) is 27.8 Å². The fraction of sp³-hybridized carbons (Fsp3) is 0.385. The number of aliphatic carboxylic acids is 1. The van der Waals surface area contributed by atoms with Crippen molar-refractivity contribution in [2.45, 2.75) is 30.4 Å². The van der Waals surface area contributed by atoms with Gasteiger partial charge in [-0.1, -0.05) is 12.1 Å². The van der Waals surface area contributed by atoms with Crippen LogP contribution in [0.5, 0.6) is 0 Å². The number of benzene rings is 1. The molecular formula is C13H18N2O3S. The first-order chi connectivity index (χ1) is 8.74. The predicted molar refractivity (Wildman–Crippen MR) is 75.9 cm³/mol. The van der Waals surface area contributed by atoms with E-state index in [-0.39, 0.29) is 0 Å². The summed E-state index contributed by atoms with van der Waals surface area (Å²) in [5.41, 5.74) is 12.2. The summed E-state index contributed by atoms with van der Waals surface area (Å²) in [6.07, 6.45) is 0. The minimum Gasteiger partial charge on any atom is -0.480 e. The second-order valence-corrected chi connectivity index (χ2v) is 6.40. The maximum absolute atomic E-state index is 11.1. The lowest BCUT2D eigenvalue weighted by molar-refractivity contribution is -0.139. The van der Waals surface area contributed by atoms with Gasteiger partial charge in [0.1, 0.15) is 6.04 Å². The number of rotatable bonds is 6. The summed E-state index contributed by atoms with van der Waals surface area (Å²) in [5.74, 6) is -0.938. The highest BCUT2D eigenvalue weighted by molar-refractivity contribution is 7.99. The van der Waals surface area contributed by atoms with Crippen molar-refractivity contribution in [3.8, 4) is 0 Å². The number of carboxylic acids is 1. The Kier molecular flexibility index (Phi) is 4.97. The first-order valence-electron chi connectivity index (χ1n) is 5.75. The monoisotopic (exact) mass is 282 g/mol. The smallest absolute Gasteiger partial charge is 0.321 e. The number of carbonyl (C=O) groups is 2. The van der Waals surface area contributed by atoms with Crippen molar-refractivity contribution >= 4 is 23.6 Å². The molecule has 5 nitrogen and oxygen atoms in total. The molecule has 0 aliphatic heterocycles. The zero-order chi connectivity index (χ0) is 14.6. The van der Waals surface area contributed by atoms with E-state index in [1.165, 1.54) is 11.8 Å². The van der Waals surface area contributed by atoms with Crippen LogP contribution in [0.1, 0.15) is 29.8 Å². The predicted octanol–water partition coefficient (Wildman–Crippen LogP) is 1.21. The molecule has 0 bridgehead atoms.